The second kappa shape index (κ2) is 5.64. The second-order valence-electron chi connectivity index (χ2n) is 5.76. The van der Waals surface area contributed by atoms with Crippen LogP contribution in [0.15, 0.2) is 30.3 Å². The fraction of sp³-hybridized carbons (Fsp3) is 0.562. The van der Waals surface area contributed by atoms with E-state index >= 15 is 0 Å². The Morgan fingerprint density at radius 1 is 1.16 bits per heavy atom. The van der Waals surface area contributed by atoms with Crippen LogP contribution in [0, 0.1) is 11.8 Å². The van der Waals surface area contributed by atoms with Crippen LogP contribution in [0.25, 0.3) is 0 Å². The lowest BCUT2D eigenvalue weighted by atomic mass is 9.78. The minimum Gasteiger partial charge on any atom is -0.445 e. The molecule has 0 bridgehead atoms. The van der Waals surface area contributed by atoms with E-state index in [-0.39, 0.29) is 6.09 Å². The van der Waals surface area contributed by atoms with Crippen LogP contribution in [0.2, 0.25) is 0 Å². The van der Waals surface area contributed by atoms with Gasteiger partial charge in [-0.05, 0) is 43.1 Å². The number of rotatable bonds is 5. The van der Waals surface area contributed by atoms with Gasteiger partial charge in [-0.2, -0.15) is 0 Å². The zero-order valence-corrected chi connectivity index (χ0v) is 11.2. The molecular formula is C16H21NO2. The van der Waals surface area contributed by atoms with Crippen molar-refractivity contribution in [2.45, 2.75) is 44.8 Å². The Hall–Kier alpha value is -1.51. The molecule has 3 nitrogen and oxygen atoms in total. The third-order valence-electron chi connectivity index (χ3n) is 4.28. The zero-order chi connectivity index (χ0) is 13.1. The number of nitrogens with one attached hydrogen (secondary N) is 1. The summed E-state index contributed by atoms with van der Waals surface area (Å²) in [6, 6.07) is 10.2. The highest BCUT2D eigenvalue weighted by molar-refractivity contribution is 5.67. The third kappa shape index (κ3) is 3.28. The Morgan fingerprint density at radius 2 is 1.84 bits per heavy atom. The predicted octanol–water partition coefficient (Wildman–Crippen LogP) is 3.49. The molecule has 2 aliphatic carbocycles. The van der Waals surface area contributed by atoms with E-state index < -0.39 is 0 Å². The van der Waals surface area contributed by atoms with Crippen LogP contribution < -0.4 is 5.32 Å². The SMILES string of the molecule is O=C(NC(C1CCC1)C1CC1)OCc1ccccc1. The Kier molecular flexibility index (Phi) is 3.72. The number of carbonyl (C=O) groups is 1. The summed E-state index contributed by atoms with van der Waals surface area (Å²) in [6.07, 6.45) is 6.11. The topological polar surface area (TPSA) is 38.3 Å². The maximum atomic E-state index is 11.9. The molecule has 102 valence electrons. The monoisotopic (exact) mass is 259 g/mol. The summed E-state index contributed by atoms with van der Waals surface area (Å²) in [5.74, 6) is 1.39. The van der Waals surface area contributed by atoms with Crippen molar-refractivity contribution in [1.29, 1.82) is 0 Å². The summed E-state index contributed by atoms with van der Waals surface area (Å²) in [5.41, 5.74) is 1.03. The quantitative estimate of drug-likeness (QED) is 0.879. The molecule has 1 unspecified atom stereocenters. The number of hydrogen-bond donors (Lipinski definition) is 1. The van der Waals surface area contributed by atoms with E-state index in [2.05, 4.69) is 5.32 Å². The fourth-order valence-electron chi connectivity index (χ4n) is 2.78. The molecular weight excluding hydrogens is 238 g/mol. The van der Waals surface area contributed by atoms with E-state index in [0.717, 1.165) is 5.56 Å². The highest BCUT2D eigenvalue weighted by atomic mass is 16.5. The maximum absolute atomic E-state index is 11.9. The molecule has 1 atom stereocenters. The number of amides is 1. The molecule has 1 amide bonds. The van der Waals surface area contributed by atoms with Gasteiger partial charge in [0.05, 0.1) is 0 Å². The van der Waals surface area contributed by atoms with Gasteiger partial charge in [-0.3, -0.25) is 0 Å². The molecule has 0 aliphatic heterocycles. The minimum absolute atomic E-state index is 0.257. The third-order valence-corrected chi connectivity index (χ3v) is 4.28. The number of ether oxygens (including phenoxy) is 1. The second-order valence-corrected chi connectivity index (χ2v) is 5.76. The Labute approximate surface area is 114 Å². The fourth-order valence-corrected chi connectivity index (χ4v) is 2.78. The first-order valence-corrected chi connectivity index (χ1v) is 7.30. The van der Waals surface area contributed by atoms with Crippen molar-refractivity contribution in [3.8, 4) is 0 Å². The van der Waals surface area contributed by atoms with Gasteiger partial charge in [-0.15, -0.1) is 0 Å². The van der Waals surface area contributed by atoms with Crippen molar-refractivity contribution in [2.75, 3.05) is 0 Å². The largest absolute Gasteiger partial charge is 0.445 e. The van der Waals surface area contributed by atoms with Gasteiger partial charge in [-0.1, -0.05) is 36.8 Å². The van der Waals surface area contributed by atoms with E-state index in [9.17, 15) is 4.79 Å². The molecule has 19 heavy (non-hydrogen) atoms. The zero-order valence-electron chi connectivity index (χ0n) is 11.2. The molecule has 0 aromatic heterocycles. The van der Waals surface area contributed by atoms with Gasteiger partial charge in [0.15, 0.2) is 0 Å². The molecule has 1 N–H and O–H groups in total. The maximum Gasteiger partial charge on any atom is 0.407 e. The van der Waals surface area contributed by atoms with Crippen molar-refractivity contribution in [2.24, 2.45) is 11.8 Å². The van der Waals surface area contributed by atoms with Crippen LogP contribution in [0.1, 0.15) is 37.7 Å². The van der Waals surface area contributed by atoms with Crippen molar-refractivity contribution in [3.05, 3.63) is 35.9 Å². The van der Waals surface area contributed by atoms with E-state index in [4.69, 9.17) is 4.74 Å². The number of hydrogen-bond acceptors (Lipinski definition) is 2. The first kappa shape index (κ1) is 12.5. The van der Waals surface area contributed by atoms with Gasteiger partial charge in [0.2, 0.25) is 0 Å². The van der Waals surface area contributed by atoms with Gasteiger partial charge in [0.25, 0.3) is 0 Å². The lowest BCUT2D eigenvalue weighted by Gasteiger charge is -2.34. The van der Waals surface area contributed by atoms with E-state index in [1.807, 2.05) is 30.3 Å². The summed E-state index contributed by atoms with van der Waals surface area (Å²) in [4.78, 5) is 11.9. The molecule has 2 fully saturated rings. The van der Waals surface area contributed by atoms with E-state index in [1.54, 1.807) is 0 Å². The van der Waals surface area contributed by atoms with Crippen molar-refractivity contribution < 1.29 is 9.53 Å². The Balaban J connectivity index is 1.47. The summed E-state index contributed by atoms with van der Waals surface area (Å²) in [5, 5.41) is 3.09. The first-order valence-electron chi connectivity index (χ1n) is 7.30. The van der Waals surface area contributed by atoms with Crippen LogP contribution in [0.3, 0.4) is 0 Å². The summed E-state index contributed by atoms with van der Waals surface area (Å²) < 4.78 is 5.31. The van der Waals surface area contributed by atoms with Gasteiger partial charge < -0.3 is 10.1 Å². The van der Waals surface area contributed by atoms with E-state index in [1.165, 1.54) is 32.1 Å². The highest BCUT2D eigenvalue weighted by Gasteiger charge is 2.39. The molecule has 3 heteroatoms. The average molecular weight is 259 g/mol. The predicted molar refractivity (Wildman–Crippen MR) is 73.6 cm³/mol. The Bertz CT molecular complexity index is 424. The van der Waals surface area contributed by atoms with Crippen LogP contribution >= 0.6 is 0 Å². The van der Waals surface area contributed by atoms with Crippen LogP contribution in [0.5, 0.6) is 0 Å². The smallest absolute Gasteiger partial charge is 0.407 e. The molecule has 0 heterocycles. The molecule has 2 aliphatic rings. The molecule has 1 aromatic rings. The van der Waals surface area contributed by atoms with Crippen LogP contribution in [0.4, 0.5) is 4.79 Å². The summed E-state index contributed by atoms with van der Waals surface area (Å²) >= 11 is 0. The number of benzene rings is 1. The lowest BCUT2D eigenvalue weighted by molar-refractivity contribution is 0.121. The van der Waals surface area contributed by atoms with Crippen molar-refractivity contribution in [3.63, 3.8) is 0 Å². The average Bonchev–Trinajstić information content (AvgIpc) is 3.19. The number of carbonyl (C=O) groups excluding carboxylic acids is 1. The van der Waals surface area contributed by atoms with Gasteiger partial charge >= 0.3 is 6.09 Å². The number of alkyl carbamates (subject to hydrolysis) is 1. The summed E-state index contributed by atoms with van der Waals surface area (Å²) in [7, 11) is 0. The standard InChI is InChI=1S/C16H21NO2/c18-16(19-11-12-5-2-1-3-6-12)17-15(14-9-10-14)13-7-4-8-13/h1-3,5-6,13-15H,4,7-11H2,(H,17,18). The molecule has 1 aromatic carbocycles. The molecule has 3 rings (SSSR count). The van der Waals surface area contributed by atoms with Gasteiger partial charge in [-0.25, -0.2) is 4.79 Å². The van der Waals surface area contributed by atoms with Crippen molar-refractivity contribution >= 4 is 6.09 Å². The highest BCUT2D eigenvalue weighted by Crippen LogP contribution is 2.42. The van der Waals surface area contributed by atoms with E-state index in [0.29, 0.717) is 24.5 Å². The van der Waals surface area contributed by atoms with Crippen molar-refractivity contribution in [1.82, 2.24) is 5.32 Å². The normalized spacial score (nSPS) is 20.4. The molecule has 0 spiro atoms. The van der Waals surface area contributed by atoms with Gasteiger partial charge in [0.1, 0.15) is 6.61 Å². The molecule has 0 saturated heterocycles. The summed E-state index contributed by atoms with van der Waals surface area (Å²) in [6.45, 7) is 0.356. The van der Waals surface area contributed by atoms with Crippen LogP contribution in [-0.4, -0.2) is 12.1 Å². The lowest BCUT2D eigenvalue weighted by Crippen LogP contribution is -2.44. The minimum atomic E-state index is -0.257. The molecule has 0 radical (unpaired) electrons. The Morgan fingerprint density at radius 3 is 2.42 bits per heavy atom. The first-order chi connectivity index (χ1) is 9.33. The van der Waals surface area contributed by atoms with Crippen LogP contribution in [-0.2, 0) is 11.3 Å². The molecule has 2 saturated carbocycles. The van der Waals surface area contributed by atoms with Gasteiger partial charge in [0, 0.05) is 6.04 Å².